The maximum absolute atomic E-state index is 5.35. The number of hydrogen-bond acceptors (Lipinski definition) is 2. The minimum absolute atomic E-state index is 0.710. The average Bonchev–Trinajstić information content (AvgIpc) is 2.35. The van der Waals surface area contributed by atoms with Gasteiger partial charge < -0.3 is 4.98 Å². The number of benzene rings is 1. The van der Waals surface area contributed by atoms with E-state index in [4.69, 9.17) is 12.2 Å². The molecule has 1 aromatic carbocycles. The second-order valence-electron chi connectivity index (χ2n) is 4.57. The molecule has 94 valence electrons. The van der Waals surface area contributed by atoms with E-state index in [0.29, 0.717) is 4.64 Å². The van der Waals surface area contributed by atoms with Crippen molar-refractivity contribution in [3.8, 4) is 11.3 Å². The summed E-state index contributed by atoms with van der Waals surface area (Å²) >= 11 is 5.35. The van der Waals surface area contributed by atoms with Gasteiger partial charge in [0.15, 0.2) is 0 Å². The van der Waals surface area contributed by atoms with E-state index >= 15 is 0 Å². The van der Waals surface area contributed by atoms with E-state index in [0.717, 1.165) is 29.1 Å². The Morgan fingerprint density at radius 3 is 2.44 bits per heavy atom. The molecule has 18 heavy (non-hydrogen) atoms. The molecule has 0 aliphatic rings. The maximum Gasteiger partial charge on any atom is 0.130 e. The predicted molar refractivity (Wildman–Crippen MR) is 78.3 cm³/mol. The fourth-order valence-corrected chi connectivity index (χ4v) is 2.25. The van der Waals surface area contributed by atoms with Crippen LogP contribution in [0.15, 0.2) is 24.3 Å². The van der Waals surface area contributed by atoms with Crippen molar-refractivity contribution >= 4 is 12.2 Å². The molecule has 2 aromatic rings. The lowest BCUT2D eigenvalue weighted by Gasteiger charge is -2.06. The van der Waals surface area contributed by atoms with Gasteiger partial charge in [0, 0.05) is 11.3 Å². The summed E-state index contributed by atoms with van der Waals surface area (Å²) in [6, 6.07) is 8.52. The number of nitrogens with one attached hydrogen (secondary N) is 1. The highest BCUT2D eigenvalue weighted by Crippen LogP contribution is 2.20. The molecule has 2 nitrogen and oxygen atoms in total. The molecular formula is C15H18N2S. The normalized spacial score (nSPS) is 10.6. The lowest BCUT2D eigenvalue weighted by molar-refractivity contribution is 0.922. The monoisotopic (exact) mass is 258 g/mol. The van der Waals surface area contributed by atoms with E-state index < -0.39 is 0 Å². The van der Waals surface area contributed by atoms with Crippen molar-refractivity contribution in [2.24, 2.45) is 0 Å². The minimum atomic E-state index is 0.710. The van der Waals surface area contributed by atoms with Crippen LogP contribution in [-0.4, -0.2) is 9.97 Å². The highest BCUT2D eigenvalue weighted by Gasteiger charge is 2.05. The fourth-order valence-electron chi connectivity index (χ4n) is 1.94. The molecule has 0 unspecified atom stereocenters. The Balaban J connectivity index is 2.42. The van der Waals surface area contributed by atoms with Gasteiger partial charge in [-0.05, 0) is 25.8 Å². The first kappa shape index (κ1) is 13.0. The van der Waals surface area contributed by atoms with Crippen molar-refractivity contribution in [2.45, 2.75) is 33.6 Å². The summed E-state index contributed by atoms with van der Waals surface area (Å²) in [6.45, 7) is 6.18. The molecule has 1 aromatic heterocycles. The molecule has 0 atom stereocenters. The Labute approximate surface area is 113 Å². The Hall–Kier alpha value is -1.48. The highest BCUT2D eigenvalue weighted by molar-refractivity contribution is 7.71. The third-order valence-electron chi connectivity index (χ3n) is 3.10. The van der Waals surface area contributed by atoms with E-state index in [-0.39, 0.29) is 0 Å². The van der Waals surface area contributed by atoms with Gasteiger partial charge >= 0.3 is 0 Å². The van der Waals surface area contributed by atoms with Gasteiger partial charge in [0.2, 0.25) is 0 Å². The van der Waals surface area contributed by atoms with Crippen molar-refractivity contribution in [3.63, 3.8) is 0 Å². The lowest BCUT2D eigenvalue weighted by atomic mass is 10.1. The van der Waals surface area contributed by atoms with Crippen LogP contribution in [0, 0.1) is 18.5 Å². The maximum atomic E-state index is 5.35. The van der Waals surface area contributed by atoms with Crippen molar-refractivity contribution in [1.82, 2.24) is 9.97 Å². The summed E-state index contributed by atoms with van der Waals surface area (Å²) in [7, 11) is 0. The van der Waals surface area contributed by atoms with Gasteiger partial charge in [0.25, 0.3) is 0 Å². The van der Waals surface area contributed by atoms with Crippen LogP contribution in [0.4, 0.5) is 0 Å². The van der Waals surface area contributed by atoms with Crippen LogP contribution in [0.5, 0.6) is 0 Å². The summed E-state index contributed by atoms with van der Waals surface area (Å²) < 4.78 is 0.710. The van der Waals surface area contributed by atoms with E-state index in [2.05, 4.69) is 41.2 Å². The standard InChI is InChI=1S/C15H18N2S/c1-4-5-12-6-8-13(9-7-12)14-15(18)17-11(3)10(2)16-14/h6-9H,4-5H2,1-3H3,(H,17,18). The van der Waals surface area contributed by atoms with Gasteiger partial charge in [-0.2, -0.15) is 0 Å². The zero-order valence-corrected chi connectivity index (χ0v) is 11.9. The van der Waals surface area contributed by atoms with Gasteiger partial charge in [0.1, 0.15) is 10.3 Å². The predicted octanol–water partition coefficient (Wildman–Crippen LogP) is 4.38. The second-order valence-corrected chi connectivity index (χ2v) is 4.98. The molecule has 3 heteroatoms. The van der Waals surface area contributed by atoms with E-state index in [9.17, 15) is 0 Å². The third-order valence-corrected chi connectivity index (χ3v) is 3.40. The molecule has 0 saturated heterocycles. The van der Waals surface area contributed by atoms with Crippen LogP contribution in [0.3, 0.4) is 0 Å². The molecule has 0 radical (unpaired) electrons. The first-order valence-electron chi connectivity index (χ1n) is 6.28. The average molecular weight is 258 g/mol. The number of nitrogens with zero attached hydrogens (tertiary/aromatic N) is 1. The number of rotatable bonds is 3. The summed E-state index contributed by atoms with van der Waals surface area (Å²) in [5, 5.41) is 0. The van der Waals surface area contributed by atoms with Crippen molar-refractivity contribution < 1.29 is 0 Å². The van der Waals surface area contributed by atoms with Crippen LogP contribution in [0.2, 0.25) is 0 Å². The number of hydrogen-bond donors (Lipinski definition) is 1. The zero-order valence-electron chi connectivity index (χ0n) is 11.1. The van der Waals surface area contributed by atoms with Gasteiger partial charge in [-0.1, -0.05) is 49.8 Å². The van der Waals surface area contributed by atoms with Gasteiger partial charge in [-0.3, -0.25) is 0 Å². The zero-order chi connectivity index (χ0) is 13.1. The highest BCUT2D eigenvalue weighted by atomic mass is 32.1. The molecule has 0 aliphatic carbocycles. The molecule has 0 aliphatic heterocycles. The van der Waals surface area contributed by atoms with Gasteiger partial charge in [0.05, 0.1) is 5.69 Å². The van der Waals surface area contributed by atoms with Crippen LogP contribution >= 0.6 is 12.2 Å². The van der Waals surface area contributed by atoms with E-state index in [1.807, 2.05) is 13.8 Å². The molecule has 0 fully saturated rings. The number of aromatic amines is 1. The van der Waals surface area contributed by atoms with E-state index in [1.54, 1.807) is 0 Å². The smallest absolute Gasteiger partial charge is 0.130 e. The van der Waals surface area contributed by atoms with Crippen LogP contribution in [0.1, 0.15) is 30.3 Å². The molecule has 1 heterocycles. The Kier molecular flexibility index (Phi) is 3.92. The van der Waals surface area contributed by atoms with Gasteiger partial charge in [-0.15, -0.1) is 0 Å². The summed E-state index contributed by atoms with van der Waals surface area (Å²) in [5.41, 5.74) is 5.35. The first-order valence-corrected chi connectivity index (χ1v) is 6.69. The molecule has 2 rings (SSSR count). The van der Waals surface area contributed by atoms with Gasteiger partial charge in [-0.25, -0.2) is 4.98 Å². The third kappa shape index (κ3) is 2.67. The number of aromatic nitrogens is 2. The largest absolute Gasteiger partial charge is 0.347 e. The van der Waals surface area contributed by atoms with Crippen LogP contribution in [0.25, 0.3) is 11.3 Å². The minimum Gasteiger partial charge on any atom is -0.347 e. The molecule has 0 saturated carbocycles. The lowest BCUT2D eigenvalue weighted by Crippen LogP contribution is -1.96. The summed E-state index contributed by atoms with van der Waals surface area (Å²) in [4.78, 5) is 7.78. The van der Waals surface area contributed by atoms with Crippen molar-refractivity contribution in [1.29, 1.82) is 0 Å². The Bertz CT molecular complexity index is 597. The Morgan fingerprint density at radius 1 is 1.17 bits per heavy atom. The Morgan fingerprint density at radius 2 is 1.83 bits per heavy atom. The second kappa shape index (κ2) is 5.44. The fraction of sp³-hybridized carbons (Fsp3) is 0.333. The first-order chi connectivity index (χ1) is 8.61. The number of aryl methyl sites for hydroxylation is 3. The van der Waals surface area contributed by atoms with Crippen LogP contribution in [-0.2, 0) is 6.42 Å². The van der Waals surface area contributed by atoms with Crippen molar-refractivity contribution in [2.75, 3.05) is 0 Å². The topological polar surface area (TPSA) is 28.7 Å². The number of H-pyrrole nitrogens is 1. The summed E-state index contributed by atoms with van der Waals surface area (Å²) in [5.74, 6) is 0. The van der Waals surface area contributed by atoms with Crippen molar-refractivity contribution in [3.05, 3.63) is 45.9 Å². The van der Waals surface area contributed by atoms with E-state index in [1.165, 1.54) is 12.0 Å². The molecule has 0 amide bonds. The molecule has 0 bridgehead atoms. The molecular weight excluding hydrogens is 240 g/mol. The van der Waals surface area contributed by atoms with Crippen LogP contribution < -0.4 is 0 Å². The SMILES string of the molecule is CCCc1ccc(-c2nc(C)c(C)[nH]c2=S)cc1. The summed E-state index contributed by atoms with van der Waals surface area (Å²) in [6.07, 6.45) is 2.29. The quantitative estimate of drug-likeness (QED) is 0.828. The molecule has 1 N–H and O–H groups in total. The molecule has 0 spiro atoms.